The minimum Gasteiger partial charge on any atom is -0.504 e. The van der Waals surface area contributed by atoms with Crippen LogP contribution in [-0.4, -0.2) is 12.2 Å². The lowest BCUT2D eigenvalue weighted by molar-refractivity contribution is 0.373. The minimum absolute atomic E-state index is 0.124. The molecule has 0 saturated carbocycles. The predicted molar refractivity (Wildman–Crippen MR) is 73.4 cm³/mol. The predicted octanol–water partition coefficient (Wildman–Crippen LogP) is 3.67. The molecule has 0 saturated heterocycles. The number of benzene rings is 2. The molecule has 94 valence electrons. The maximum atomic E-state index is 9.64. The Morgan fingerprint density at radius 3 is 2.50 bits per heavy atom. The highest BCUT2D eigenvalue weighted by Gasteiger charge is 2.02. The van der Waals surface area contributed by atoms with E-state index in [1.807, 2.05) is 30.3 Å². The van der Waals surface area contributed by atoms with Crippen molar-refractivity contribution in [3.05, 3.63) is 53.1 Å². The normalized spacial score (nSPS) is 10.1. The fraction of sp³-hybridized carbons (Fsp3) is 0.143. The summed E-state index contributed by atoms with van der Waals surface area (Å²) in [5, 5.41) is 13.6. The summed E-state index contributed by atoms with van der Waals surface area (Å²) in [6.07, 6.45) is 0. The third-order valence-corrected chi connectivity index (χ3v) is 2.84. The first kappa shape index (κ1) is 12.6. The van der Waals surface area contributed by atoms with Gasteiger partial charge in [0.05, 0.1) is 7.11 Å². The van der Waals surface area contributed by atoms with Crippen molar-refractivity contribution in [2.24, 2.45) is 0 Å². The van der Waals surface area contributed by atoms with Crippen LogP contribution in [0.4, 0.5) is 5.69 Å². The summed E-state index contributed by atoms with van der Waals surface area (Å²) in [6.45, 7) is 0.670. The van der Waals surface area contributed by atoms with E-state index < -0.39 is 0 Å². The number of aromatic hydroxyl groups is 1. The topological polar surface area (TPSA) is 41.5 Å². The minimum atomic E-state index is 0.124. The first-order valence-corrected chi connectivity index (χ1v) is 5.92. The Balaban J connectivity index is 2.02. The summed E-state index contributed by atoms with van der Waals surface area (Å²) in [4.78, 5) is 0. The number of anilines is 1. The van der Waals surface area contributed by atoms with Gasteiger partial charge in [0.1, 0.15) is 0 Å². The Labute approximate surface area is 111 Å². The standard InChI is InChI=1S/C14H14ClNO2/c1-18-14-7-6-12(8-13(14)17)16-9-10-2-4-11(15)5-3-10/h2-8,16-17H,9H2,1H3. The van der Waals surface area contributed by atoms with E-state index in [1.165, 1.54) is 7.11 Å². The molecule has 4 heteroatoms. The SMILES string of the molecule is COc1ccc(NCc2ccc(Cl)cc2)cc1O. The van der Waals surface area contributed by atoms with Crippen molar-refractivity contribution in [3.8, 4) is 11.5 Å². The molecule has 0 aliphatic heterocycles. The average molecular weight is 264 g/mol. The molecular formula is C14H14ClNO2. The molecule has 2 N–H and O–H groups in total. The van der Waals surface area contributed by atoms with Gasteiger partial charge in [0.25, 0.3) is 0 Å². The van der Waals surface area contributed by atoms with E-state index in [2.05, 4.69) is 5.32 Å². The summed E-state index contributed by atoms with van der Waals surface area (Å²) in [6, 6.07) is 12.8. The van der Waals surface area contributed by atoms with E-state index in [1.54, 1.807) is 12.1 Å². The molecule has 2 aromatic rings. The van der Waals surface area contributed by atoms with Crippen LogP contribution in [0.2, 0.25) is 5.02 Å². The molecule has 0 heterocycles. The van der Waals surface area contributed by atoms with Gasteiger partial charge in [-0.3, -0.25) is 0 Å². The van der Waals surface area contributed by atoms with Crippen LogP contribution >= 0.6 is 11.6 Å². The summed E-state index contributed by atoms with van der Waals surface area (Å²) < 4.78 is 4.98. The van der Waals surface area contributed by atoms with Gasteiger partial charge in [-0.1, -0.05) is 23.7 Å². The van der Waals surface area contributed by atoms with Crippen molar-refractivity contribution in [3.63, 3.8) is 0 Å². The van der Waals surface area contributed by atoms with Crippen molar-refractivity contribution in [1.29, 1.82) is 0 Å². The summed E-state index contributed by atoms with van der Waals surface area (Å²) >= 11 is 5.82. The van der Waals surface area contributed by atoms with Crippen molar-refractivity contribution in [1.82, 2.24) is 0 Å². The van der Waals surface area contributed by atoms with Crippen LogP contribution in [0.1, 0.15) is 5.56 Å². The van der Waals surface area contributed by atoms with Gasteiger partial charge in [-0.05, 0) is 29.8 Å². The molecule has 18 heavy (non-hydrogen) atoms. The Hall–Kier alpha value is -1.87. The highest BCUT2D eigenvalue weighted by Crippen LogP contribution is 2.28. The van der Waals surface area contributed by atoms with E-state index in [4.69, 9.17) is 16.3 Å². The van der Waals surface area contributed by atoms with Crippen molar-refractivity contribution < 1.29 is 9.84 Å². The smallest absolute Gasteiger partial charge is 0.160 e. The summed E-state index contributed by atoms with van der Waals surface area (Å²) in [7, 11) is 1.52. The second kappa shape index (κ2) is 5.65. The fourth-order valence-corrected chi connectivity index (χ4v) is 1.73. The van der Waals surface area contributed by atoms with Crippen LogP contribution in [0.15, 0.2) is 42.5 Å². The summed E-state index contributed by atoms with van der Waals surface area (Å²) in [5.74, 6) is 0.589. The molecule has 3 nitrogen and oxygen atoms in total. The van der Waals surface area contributed by atoms with Crippen LogP contribution in [0.3, 0.4) is 0 Å². The monoisotopic (exact) mass is 263 g/mol. The summed E-state index contributed by atoms with van der Waals surface area (Å²) in [5.41, 5.74) is 1.96. The number of hydrogen-bond donors (Lipinski definition) is 2. The number of hydrogen-bond acceptors (Lipinski definition) is 3. The zero-order chi connectivity index (χ0) is 13.0. The largest absolute Gasteiger partial charge is 0.504 e. The van der Waals surface area contributed by atoms with E-state index in [0.29, 0.717) is 12.3 Å². The molecule has 2 rings (SSSR count). The number of phenolic OH excluding ortho intramolecular Hbond substituents is 1. The van der Waals surface area contributed by atoms with Gasteiger partial charge >= 0.3 is 0 Å². The quantitative estimate of drug-likeness (QED) is 0.884. The lowest BCUT2D eigenvalue weighted by atomic mass is 10.2. The molecule has 0 radical (unpaired) electrons. The molecule has 2 aromatic carbocycles. The highest BCUT2D eigenvalue weighted by atomic mass is 35.5. The number of nitrogens with one attached hydrogen (secondary N) is 1. The van der Waals surface area contributed by atoms with Crippen molar-refractivity contribution >= 4 is 17.3 Å². The van der Waals surface area contributed by atoms with E-state index in [9.17, 15) is 5.11 Å². The van der Waals surface area contributed by atoms with Crippen LogP contribution in [0.5, 0.6) is 11.5 Å². The van der Waals surface area contributed by atoms with Crippen LogP contribution in [-0.2, 0) is 6.54 Å². The van der Waals surface area contributed by atoms with Gasteiger partial charge in [0.2, 0.25) is 0 Å². The Morgan fingerprint density at radius 1 is 1.17 bits per heavy atom. The number of methoxy groups -OCH3 is 1. The fourth-order valence-electron chi connectivity index (χ4n) is 1.61. The molecular weight excluding hydrogens is 250 g/mol. The first-order valence-electron chi connectivity index (χ1n) is 5.54. The second-order valence-electron chi connectivity index (χ2n) is 3.87. The Kier molecular flexibility index (Phi) is 3.95. The maximum absolute atomic E-state index is 9.64. The molecule has 0 fully saturated rings. The van der Waals surface area contributed by atoms with E-state index in [-0.39, 0.29) is 5.75 Å². The average Bonchev–Trinajstić information content (AvgIpc) is 2.38. The molecule has 0 atom stereocenters. The van der Waals surface area contributed by atoms with Gasteiger partial charge in [-0.15, -0.1) is 0 Å². The zero-order valence-corrected chi connectivity index (χ0v) is 10.7. The molecule has 0 amide bonds. The number of halogens is 1. The number of rotatable bonds is 4. The zero-order valence-electron chi connectivity index (χ0n) is 9.98. The Morgan fingerprint density at radius 2 is 1.89 bits per heavy atom. The molecule has 0 unspecified atom stereocenters. The lowest BCUT2D eigenvalue weighted by Gasteiger charge is -2.09. The van der Waals surface area contributed by atoms with Crippen molar-refractivity contribution in [2.45, 2.75) is 6.54 Å². The maximum Gasteiger partial charge on any atom is 0.160 e. The first-order chi connectivity index (χ1) is 8.69. The second-order valence-corrected chi connectivity index (χ2v) is 4.30. The molecule has 0 aromatic heterocycles. The van der Waals surface area contributed by atoms with Gasteiger partial charge in [-0.2, -0.15) is 0 Å². The van der Waals surface area contributed by atoms with E-state index in [0.717, 1.165) is 16.3 Å². The Bertz CT molecular complexity index is 526. The van der Waals surface area contributed by atoms with Gasteiger partial charge in [0.15, 0.2) is 11.5 Å². The third-order valence-electron chi connectivity index (χ3n) is 2.59. The van der Waals surface area contributed by atoms with Crippen molar-refractivity contribution in [2.75, 3.05) is 12.4 Å². The van der Waals surface area contributed by atoms with Crippen LogP contribution in [0, 0.1) is 0 Å². The van der Waals surface area contributed by atoms with Crippen LogP contribution < -0.4 is 10.1 Å². The van der Waals surface area contributed by atoms with E-state index >= 15 is 0 Å². The molecule has 0 bridgehead atoms. The molecule has 0 aliphatic carbocycles. The van der Waals surface area contributed by atoms with Gasteiger partial charge in [-0.25, -0.2) is 0 Å². The number of phenols is 1. The van der Waals surface area contributed by atoms with Gasteiger partial charge in [0, 0.05) is 23.3 Å². The lowest BCUT2D eigenvalue weighted by Crippen LogP contribution is -1.99. The van der Waals surface area contributed by atoms with Gasteiger partial charge < -0.3 is 15.2 Å². The number of ether oxygens (including phenoxy) is 1. The molecule has 0 spiro atoms. The van der Waals surface area contributed by atoms with Crippen LogP contribution in [0.25, 0.3) is 0 Å². The third kappa shape index (κ3) is 3.08. The molecule has 0 aliphatic rings. The highest BCUT2D eigenvalue weighted by molar-refractivity contribution is 6.30.